The van der Waals surface area contributed by atoms with Crippen LogP contribution >= 0.6 is 0 Å². The number of aryl methyl sites for hydroxylation is 2. The van der Waals surface area contributed by atoms with Crippen LogP contribution in [-0.2, 0) is 0 Å². The minimum Gasteiger partial charge on any atom is -0.337 e. The van der Waals surface area contributed by atoms with Crippen molar-refractivity contribution in [1.29, 1.82) is 0 Å². The molecule has 1 unspecified atom stereocenters. The number of nitrogens with zero attached hydrogens (tertiary/aromatic N) is 3. The third kappa shape index (κ3) is 3.99. The smallest absolute Gasteiger partial charge is 0.322 e. The van der Waals surface area contributed by atoms with E-state index in [0.717, 1.165) is 36.1 Å². The maximum Gasteiger partial charge on any atom is 0.322 e. The van der Waals surface area contributed by atoms with Crippen molar-refractivity contribution in [3.8, 4) is 11.4 Å². The predicted molar refractivity (Wildman–Crippen MR) is 108 cm³/mol. The molecule has 1 aliphatic heterocycles. The third-order valence-electron chi connectivity index (χ3n) is 5.31. The van der Waals surface area contributed by atoms with Crippen molar-refractivity contribution in [2.75, 3.05) is 11.9 Å². The Morgan fingerprint density at radius 1 is 1.14 bits per heavy atom. The Kier molecular flexibility index (Phi) is 5.29. The van der Waals surface area contributed by atoms with Gasteiger partial charge in [0.05, 0.1) is 0 Å². The van der Waals surface area contributed by atoms with Crippen molar-refractivity contribution in [3.05, 3.63) is 65.3 Å². The molecule has 2 aromatic carbocycles. The number of halogens is 1. The SMILES string of the molecule is Cc1cccc(C)c1NC(=O)N1CCCCC1c1nc(-c2ccc(F)cc2)no1. The summed E-state index contributed by atoms with van der Waals surface area (Å²) in [5.41, 5.74) is 3.54. The molecule has 0 saturated carbocycles. The lowest BCUT2D eigenvalue weighted by Crippen LogP contribution is -2.41. The lowest BCUT2D eigenvalue weighted by Gasteiger charge is -2.33. The molecule has 0 spiro atoms. The van der Waals surface area contributed by atoms with Crippen LogP contribution in [0.2, 0.25) is 0 Å². The second kappa shape index (κ2) is 8.03. The summed E-state index contributed by atoms with van der Waals surface area (Å²) in [5.74, 6) is 0.473. The quantitative estimate of drug-likeness (QED) is 0.658. The largest absolute Gasteiger partial charge is 0.337 e. The van der Waals surface area contributed by atoms with Crippen LogP contribution in [0.25, 0.3) is 11.4 Å². The Labute approximate surface area is 168 Å². The Hall–Kier alpha value is -3.22. The molecular weight excluding hydrogens is 371 g/mol. The highest BCUT2D eigenvalue weighted by Gasteiger charge is 2.32. The fourth-order valence-corrected chi connectivity index (χ4v) is 3.71. The van der Waals surface area contributed by atoms with Gasteiger partial charge in [-0.15, -0.1) is 0 Å². The summed E-state index contributed by atoms with van der Waals surface area (Å²) in [4.78, 5) is 19.3. The molecule has 1 saturated heterocycles. The summed E-state index contributed by atoms with van der Waals surface area (Å²) in [6.07, 6.45) is 2.66. The molecule has 1 aliphatic rings. The van der Waals surface area contributed by atoms with E-state index in [0.29, 0.717) is 23.8 Å². The van der Waals surface area contributed by atoms with Crippen LogP contribution in [0.15, 0.2) is 47.0 Å². The first-order valence-corrected chi connectivity index (χ1v) is 9.76. The fraction of sp³-hybridized carbons (Fsp3) is 0.318. The molecular formula is C22H23FN4O2. The number of aromatic nitrogens is 2. The molecule has 1 atom stereocenters. The molecule has 0 radical (unpaired) electrons. The Bertz CT molecular complexity index is 996. The van der Waals surface area contributed by atoms with Crippen LogP contribution < -0.4 is 5.32 Å². The zero-order valence-electron chi connectivity index (χ0n) is 16.5. The molecule has 150 valence electrons. The first kappa shape index (κ1) is 19.1. The summed E-state index contributed by atoms with van der Waals surface area (Å²) >= 11 is 0. The summed E-state index contributed by atoms with van der Waals surface area (Å²) in [7, 11) is 0. The number of urea groups is 1. The second-order valence-corrected chi connectivity index (χ2v) is 7.37. The first-order valence-electron chi connectivity index (χ1n) is 9.76. The molecule has 7 heteroatoms. The monoisotopic (exact) mass is 394 g/mol. The Morgan fingerprint density at radius 3 is 2.59 bits per heavy atom. The van der Waals surface area contributed by atoms with Gasteiger partial charge in [-0.05, 0) is 68.5 Å². The van der Waals surface area contributed by atoms with Gasteiger partial charge in [0.1, 0.15) is 11.9 Å². The predicted octanol–water partition coefficient (Wildman–Crippen LogP) is 5.25. The number of anilines is 1. The van der Waals surface area contributed by atoms with Crippen molar-refractivity contribution >= 4 is 11.7 Å². The number of benzene rings is 2. The van der Waals surface area contributed by atoms with Gasteiger partial charge < -0.3 is 14.7 Å². The van der Waals surface area contributed by atoms with E-state index in [1.165, 1.54) is 12.1 Å². The van der Waals surface area contributed by atoms with E-state index >= 15 is 0 Å². The third-order valence-corrected chi connectivity index (χ3v) is 5.31. The minimum absolute atomic E-state index is 0.173. The lowest BCUT2D eigenvalue weighted by atomic mass is 10.0. The van der Waals surface area contributed by atoms with Crippen LogP contribution in [-0.4, -0.2) is 27.6 Å². The Balaban J connectivity index is 1.56. The van der Waals surface area contributed by atoms with Crippen LogP contribution in [0.4, 0.5) is 14.9 Å². The van der Waals surface area contributed by atoms with Gasteiger partial charge in [0, 0.05) is 17.8 Å². The van der Waals surface area contributed by atoms with Crippen LogP contribution in [0.1, 0.15) is 42.3 Å². The number of carbonyl (C=O) groups is 1. The van der Waals surface area contributed by atoms with E-state index in [4.69, 9.17) is 4.52 Å². The van der Waals surface area contributed by atoms with E-state index in [1.54, 1.807) is 17.0 Å². The summed E-state index contributed by atoms with van der Waals surface area (Å²) < 4.78 is 18.6. The van der Waals surface area contributed by atoms with Crippen LogP contribution in [0.3, 0.4) is 0 Å². The average Bonchev–Trinajstić information content (AvgIpc) is 3.21. The summed E-state index contributed by atoms with van der Waals surface area (Å²) in [6, 6.07) is 11.4. The zero-order valence-corrected chi connectivity index (χ0v) is 16.5. The van der Waals surface area contributed by atoms with E-state index in [-0.39, 0.29) is 17.9 Å². The topological polar surface area (TPSA) is 71.3 Å². The molecule has 29 heavy (non-hydrogen) atoms. The molecule has 4 rings (SSSR count). The first-order chi connectivity index (χ1) is 14.0. The maximum absolute atomic E-state index is 13.2. The molecule has 2 heterocycles. The molecule has 3 aromatic rings. The summed E-state index contributed by atoms with van der Waals surface area (Å²) in [6.45, 7) is 4.57. The van der Waals surface area contributed by atoms with Gasteiger partial charge in [0.25, 0.3) is 0 Å². The van der Waals surface area contributed by atoms with E-state index in [2.05, 4.69) is 15.5 Å². The van der Waals surface area contributed by atoms with Gasteiger partial charge in [-0.3, -0.25) is 0 Å². The standard InChI is InChI=1S/C22H23FN4O2/c1-14-6-5-7-15(2)19(14)24-22(28)27-13-4-3-8-18(27)21-25-20(26-29-21)16-9-11-17(23)12-10-16/h5-7,9-12,18H,3-4,8,13H2,1-2H3,(H,24,28). The summed E-state index contributed by atoms with van der Waals surface area (Å²) in [5, 5.41) is 7.08. The Morgan fingerprint density at radius 2 is 1.86 bits per heavy atom. The molecule has 1 N–H and O–H groups in total. The number of likely N-dealkylation sites (tertiary alicyclic amines) is 1. The molecule has 2 amide bonds. The highest BCUT2D eigenvalue weighted by molar-refractivity contribution is 5.91. The van der Waals surface area contributed by atoms with Crippen molar-refractivity contribution in [1.82, 2.24) is 15.0 Å². The average molecular weight is 394 g/mol. The van der Waals surface area contributed by atoms with Gasteiger partial charge >= 0.3 is 6.03 Å². The number of carbonyl (C=O) groups excluding carboxylic acids is 1. The lowest BCUT2D eigenvalue weighted by molar-refractivity contribution is 0.142. The van der Waals surface area contributed by atoms with Crippen molar-refractivity contribution in [2.24, 2.45) is 0 Å². The van der Waals surface area contributed by atoms with Gasteiger partial charge in [0.15, 0.2) is 0 Å². The van der Waals surface area contributed by atoms with Crippen molar-refractivity contribution in [3.63, 3.8) is 0 Å². The molecule has 1 aromatic heterocycles. The normalized spacial score (nSPS) is 16.7. The highest BCUT2D eigenvalue weighted by Crippen LogP contribution is 2.32. The minimum atomic E-state index is -0.320. The van der Waals surface area contributed by atoms with Gasteiger partial charge in [-0.1, -0.05) is 23.4 Å². The number of nitrogens with one attached hydrogen (secondary N) is 1. The number of para-hydroxylation sites is 1. The molecule has 0 aliphatic carbocycles. The molecule has 1 fully saturated rings. The van der Waals surface area contributed by atoms with Gasteiger partial charge in [0.2, 0.25) is 11.7 Å². The van der Waals surface area contributed by atoms with Crippen molar-refractivity contribution in [2.45, 2.75) is 39.2 Å². The number of rotatable bonds is 3. The van der Waals surface area contributed by atoms with Crippen LogP contribution in [0, 0.1) is 19.7 Å². The maximum atomic E-state index is 13.2. The molecule has 6 nitrogen and oxygen atoms in total. The number of amides is 2. The van der Waals surface area contributed by atoms with Crippen LogP contribution in [0.5, 0.6) is 0 Å². The van der Waals surface area contributed by atoms with E-state index < -0.39 is 0 Å². The van der Waals surface area contributed by atoms with Gasteiger partial charge in [-0.25, -0.2) is 9.18 Å². The second-order valence-electron chi connectivity index (χ2n) is 7.37. The number of hydrogen-bond donors (Lipinski definition) is 1. The van der Waals surface area contributed by atoms with Crippen molar-refractivity contribution < 1.29 is 13.7 Å². The van der Waals surface area contributed by atoms with E-state index in [1.807, 2.05) is 32.0 Å². The fourth-order valence-electron chi connectivity index (χ4n) is 3.71. The molecule has 0 bridgehead atoms. The number of piperidine rings is 1. The van der Waals surface area contributed by atoms with E-state index in [9.17, 15) is 9.18 Å². The highest BCUT2D eigenvalue weighted by atomic mass is 19.1. The zero-order chi connectivity index (χ0) is 20.4. The van der Waals surface area contributed by atoms with Gasteiger partial charge in [-0.2, -0.15) is 4.98 Å². The number of hydrogen-bond acceptors (Lipinski definition) is 4.